The summed E-state index contributed by atoms with van der Waals surface area (Å²) in [6, 6.07) is 19.8. The van der Waals surface area contributed by atoms with E-state index in [2.05, 4.69) is 30.4 Å². The molecule has 0 unspecified atom stereocenters. The molecule has 0 fully saturated rings. The highest BCUT2D eigenvalue weighted by Crippen LogP contribution is 2.30. The molecule has 0 heterocycles. The lowest BCUT2D eigenvalue weighted by atomic mass is 10.1. The second kappa shape index (κ2) is 13.1. The van der Waals surface area contributed by atoms with Crippen LogP contribution < -0.4 is 18.9 Å². The fraction of sp³-hybridized carbons (Fsp3) is 0.214. The number of rotatable bonds is 12. The quantitative estimate of drug-likeness (QED) is 0.243. The molecule has 0 bridgehead atoms. The van der Waals surface area contributed by atoms with Crippen LogP contribution in [-0.2, 0) is 9.47 Å². The van der Waals surface area contributed by atoms with Crippen LogP contribution in [0.3, 0.4) is 0 Å². The Labute approximate surface area is 200 Å². The minimum absolute atomic E-state index is 0.159. The standard InChI is InChI=1S/C28H30O6/c1-29-19-33-27-17-23(12-14-25(27)31-3)10-8-21-6-5-7-22(16-21)9-11-24-13-15-26(32-4)28(18-24)34-20-30-2/h5-18H,19-20H2,1-4H3/b10-8+,11-9+. The van der Waals surface area contributed by atoms with Crippen molar-refractivity contribution in [2.24, 2.45) is 0 Å². The fourth-order valence-corrected chi connectivity index (χ4v) is 3.22. The summed E-state index contributed by atoms with van der Waals surface area (Å²) < 4.78 is 31.9. The van der Waals surface area contributed by atoms with Gasteiger partial charge in [-0.25, -0.2) is 0 Å². The van der Waals surface area contributed by atoms with Crippen LogP contribution in [0.25, 0.3) is 24.3 Å². The number of hydrogen-bond acceptors (Lipinski definition) is 6. The fourth-order valence-electron chi connectivity index (χ4n) is 3.22. The molecule has 3 rings (SSSR count). The first-order valence-electron chi connectivity index (χ1n) is 10.7. The van der Waals surface area contributed by atoms with Gasteiger partial charge >= 0.3 is 0 Å². The van der Waals surface area contributed by atoms with E-state index in [-0.39, 0.29) is 13.6 Å². The predicted octanol–water partition coefficient (Wildman–Crippen LogP) is 6.01. The molecule has 0 atom stereocenters. The molecule has 0 amide bonds. The van der Waals surface area contributed by atoms with E-state index in [4.69, 9.17) is 28.4 Å². The summed E-state index contributed by atoms with van der Waals surface area (Å²) in [7, 11) is 6.40. The topological polar surface area (TPSA) is 55.4 Å². The summed E-state index contributed by atoms with van der Waals surface area (Å²) in [6.45, 7) is 0.318. The first-order valence-corrected chi connectivity index (χ1v) is 10.7. The normalized spacial score (nSPS) is 11.2. The summed E-state index contributed by atoms with van der Waals surface area (Å²) in [6.07, 6.45) is 8.18. The molecular weight excluding hydrogens is 432 g/mol. The van der Waals surface area contributed by atoms with E-state index in [9.17, 15) is 0 Å². The van der Waals surface area contributed by atoms with Crippen molar-refractivity contribution in [1.82, 2.24) is 0 Å². The van der Waals surface area contributed by atoms with Gasteiger partial charge in [0.15, 0.2) is 36.6 Å². The smallest absolute Gasteiger partial charge is 0.188 e. The van der Waals surface area contributed by atoms with Gasteiger partial charge in [0.05, 0.1) is 14.2 Å². The zero-order valence-corrected chi connectivity index (χ0v) is 19.9. The average molecular weight is 463 g/mol. The molecule has 0 aliphatic rings. The number of methoxy groups -OCH3 is 4. The van der Waals surface area contributed by atoms with Gasteiger partial charge in [0.2, 0.25) is 0 Å². The molecule has 0 saturated heterocycles. The van der Waals surface area contributed by atoms with Gasteiger partial charge in [-0.3, -0.25) is 0 Å². The van der Waals surface area contributed by atoms with Gasteiger partial charge < -0.3 is 28.4 Å². The second-order valence-electron chi connectivity index (χ2n) is 7.26. The Morgan fingerprint density at radius 2 is 0.912 bits per heavy atom. The minimum Gasteiger partial charge on any atom is -0.493 e. The lowest BCUT2D eigenvalue weighted by molar-refractivity contribution is 0.0490. The highest BCUT2D eigenvalue weighted by Gasteiger charge is 2.06. The zero-order valence-electron chi connectivity index (χ0n) is 19.9. The lowest BCUT2D eigenvalue weighted by Gasteiger charge is -2.10. The Kier molecular flexibility index (Phi) is 9.58. The zero-order chi connectivity index (χ0) is 24.2. The van der Waals surface area contributed by atoms with Crippen LogP contribution in [0.2, 0.25) is 0 Å². The van der Waals surface area contributed by atoms with Crippen molar-refractivity contribution in [2.75, 3.05) is 42.0 Å². The monoisotopic (exact) mass is 462 g/mol. The maximum atomic E-state index is 5.59. The van der Waals surface area contributed by atoms with Crippen molar-refractivity contribution >= 4 is 24.3 Å². The van der Waals surface area contributed by atoms with Crippen LogP contribution in [0.5, 0.6) is 23.0 Å². The van der Waals surface area contributed by atoms with Crippen molar-refractivity contribution < 1.29 is 28.4 Å². The van der Waals surface area contributed by atoms with Gasteiger partial charge in [-0.05, 0) is 52.6 Å². The van der Waals surface area contributed by atoms with Crippen LogP contribution >= 0.6 is 0 Å². The van der Waals surface area contributed by atoms with Crippen LogP contribution in [0, 0.1) is 0 Å². The van der Waals surface area contributed by atoms with Crippen LogP contribution in [0.4, 0.5) is 0 Å². The Bertz CT molecular complexity index is 1030. The van der Waals surface area contributed by atoms with Crippen molar-refractivity contribution in [3.63, 3.8) is 0 Å². The lowest BCUT2D eigenvalue weighted by Crippen LogP contribution is -2.00. The van der Waals surface area contributed by atoms with E-state index in [1.54, 1.807) is 28.4 Å². The third kappa shape index (κ3) is 7.13. The Morgan fingerprint density at radius 3 is 1.29 bits per heavy atom. The second-order valence-corrected chi connectivity index (χ2v) is 7.26. The molecule has 6 heteroatoms. The molecule has 0 aliphatic heterocycles. The Hall–Kier alpha value is -3.74. The maximum Gasteiger partial charge on any atom is 0.188 e. The van der Waals surface area contributed by atoms with E-state index in [0.29, 0.717) is 23.0 Å². The largest absolute Gasteiger partial charge is 0.493 e. The summed E-state index contributed by atoms with van der Waals surface area (Å²) in [5, 5.41) is 0. The first-order chi connectivity index (χ1) is 16.7. The number of benzene rings is 3. The highest BCUT2D eigenvalue weighted by atomic mass is 16.7. The molecule has 3 aromatic carbocycles. The molecule has 0 saturated carbocycles. The van der Waals surface area contributed by atoms with Gasteiger partial charge in [0.1, 0.15) is 0 Å². The van der Waals surface area contributed by atoms with Gasteiger partial charge in [0, 0.05) is 14.2 Å². The van der Waals surface area contributed by atoms with Gasteiger partial charge in [-0.15, -0.1) is 0 Å². The van der Waals surface area contributed by atoms with Crippen LogP contribution in [0.1, 0.15) is 22.3 Å². The molecule has 178 valence electrons. The Balaban J connectivity index is 1.74. The third-order valence-corrected chi connectivity index (χ3v) is 4.89. The maximum absolute atomic E-state index is 5.59. The van der Waals surface area contributed by atoms with E-state index in [1.165, 1.54) is 0 Å². The molecule has 0 radical (unpaired) electrons. The van der Waals surface area contributed by atoms with Gasteiger partial charge in [-0.1, -0.05) is 54.6 Å². The van der Waals surface area contributed by atoms with Gasteiger partial charge in [-0.2, -0.15) is 0 Å². The summed E-state index contributed by atoms with van der Waals surface area (Å²) in [5.41, 5.74) is 4.15. The average Bonchev–Trinajstić information content (AvgIpc) is 2.88. The van der Waals surface area contributed by atoms with Crippen molar-refractivity contribution in [3.05, 3.63) is 82.9 Å². The molecule has 0 N–H and O–H groups in total. The molecule has 0 aromatic heterocycles. The highest BCUT2D eigenvalue weighted by molar-refractivity contribution is 5.75. The first kappa shape index (κ1) is 24.9. The predicted molar refractivity (Wildman–Crippen MR) is 135 cm³/mol. The molecule has 3 aromatic rings. The van der Waals surface area contributed by atoms with E-state index in [1.807, 2.05) is 54.6 Å². The number of hydrogen-bond donors (Lipinski definition) is 0. The Morgan fingerprint density at radius 1 is 0.500 bits per heavy atom. The summed E-state index contributed by atoms with van der Waals surface area (Å²) >= 11 is 0. The number of ether oxygens (including phenoxy) is 6. The SMILES string of the molecule is COCOc1cc(/C=C/c2cccc(/C=C/c3ccc(OC)c(OCOC)c3)c2)ccc1OC. The third-order valence-electron chi connectivity index (χ3n) is 4.89. The van der Waals surface area contributed by atoms with Crippen molar-refractivity contribution in [2.45, 2.75) is 0 Å². The molecular formula is C28H30O6. The van der Waals surface area contributed by atoms with Crippen molar-refractivity contribution in [3.8, 4) is 23.0 Å². The van der Waals surface area contributed by atoms with E-state index in [0.717, 1.165) is 22.3 Å². The van der Waals surface area contributed by atoms with Gasteiger partial charge in [0.25, 0.3) is 0 Å². The molecule has 0 aliphatic carbocycles. The van der Waals surface area contributed by atoms with Crippen LogP contribution in [0.15, 0.2) is 60.7 Å². The minimum atomic E-state index is 0.159. The molecule has 6 nitrogen and oxygen atoms in total. The summed E-state index contributed by atoms with van der Waals surface area (Å²) in [5.74, 6) is 2.60. The molecule has 0 spiro atoms. The van der Waals surface area contributed by atoms with E-state index < -0.39 is 0 Å². The molecule has 34 heavy (non-hydrogen) atoms. The van der Waals surface area contributed by atoms with E-state index >= 15 is 0 Å². The summed E-state index contributed by atoms with van der Waals surface area (Å²) in [4.78, 5) is 0. The van der Waals surface area contributed by atoms with Crippen LogP contribution in [-0.4, -0.2) is 42.0 Å². The van der Waals surface area contributed by atoms with Crippen molar-refractivity contribution in [1.29, 1.82) is 0 Å².